The lowest BCUT2D eigenvalue weighted by atomic mass is 9.96. The van der Waals surface area contributed by atoms with Crippen molar-refractivity contribution in [1.82, 2.24) is 4.90 Å². The molecule has 0 saturated heterocycles. The first-order chi connectivity index (χ1) is 8.02. The topological polar surface area (TPSA) is 40.5 Å². The Morgan fingerprint density at radius 1 is 1.35 bits per heavy atom. The summed E-state index contributed by atoms with van der Waals surface area (Å²) in [6.07, 6.45) is 1.29. The second-order valence-electron chi connectivity index (χ2n) is 4.71. The molecule has 0 radical (unpaired) electrons. The third kappa shape index (κ3) is 4.57. The van der Waals surface area contributed by atoms with Crippen molar-refractivity contribution in [1.29, 1.82) is 0 Å². The van der Waals surface area contributed by atoms with Crippen molar-refractivity contribution in [2.45, 2.75) is 26.3 Å². The fraction of sp³-hybridized carbons (Fsp3) is 0.500. The maximum Gasteiger partial charge on any atom is 0.306 e. The van der Waals surface area contributed by atoms with Crippen LogP contribution in [0.1, 0.15) is 24.5 Å². The maximum atomic E-state index is 11.0. The monoisotopic (exact) mass is 235 g/mol. The van der Waals surface area contributed by atoms with Gasteiger partial charge in [-0.3, -0.25) is 4.79 Å². The summed E-state index contributed by atoms with van der Waals surface area (Å²) < 4.78 is 0. The van der Waals surface area contributed by atoms with Gasteiger partial charge in [0.15, 0.2) is 0 Å². The zero-order valence-electron chi connectivity index (χ0n) is 10.8. The fourth-order valence-electron chi connectivity index (χ4n) is 1.91. The van der Waals surface area contributed by atoms with E-state index in [0.717, 1.165) is 12.1 Å². The summed E-state index contributed by atoms with van der Waals surface area (Å²) in [7, 11) is 4.05. The van der Waals surface area contributed by atoms with Gasteiger partial charge in [0.05, 0.1) is 5.92 Å². The van der Waals surface area contributed by atoms with Crippen LogP contribution in [0, 0.1) is 5.92 Å². The number of carboxylic acids is 1. The van der Waals surface area contributed by atoms with E-state index in [1.165, 1.54) is 5.56 Å². The number of hydrogen-bond donors (Lipinski definition) is 1. The van der Waals surface area contributed by atoms with Gasteiger partial charge in [0.25, 0.3) is 0 Å². The van der Waals surface area contributed by atoms with Gasteiger partial charge in [-0.15, -0.1) is 0 Å². The van der Waals surface area contributed by atoms with Crippen LogP contribution >= 0.6 is 0 Å². The zero-order chi connectivity index (χ0) is 12.8. The molecule has 17 heavy (non-hydrogen) atoms. The molecule has 3 nitrogen and oxygen atoms in total. The summed E-state index contributed by atoms with van der Waals surface area (Å²) in [6, 6.07) is 8.18. The Labute approximate surface area is 103 Å². The number of nitrogens with zero attached hydrogens (tertiary/aromatic N) is 1. The lowest BCUT2D eigenvalue weighted by Gasteiger charge is -2.13. The highest BCUT2D eigenvalue weighted by atomic mass is 16.4. The van der Waals surface area contributed by atoms with Crippen LogP contribution in [0.2, 0.25) is 0 Å². The van der Waals surface area contributed by atoms with E-state index in [4.69, 9.17) is 5.11 Å². The Morgan fingerprint density at radius 2 is 2.00 bits per heavy atom. The van der Waals surface area contributed by atoms with Crippen LogP contribution in [-0.2, 0) is 17.8 Å². The molecule has 0 aliphatic rings. The Hall–Kier alpha value is -1.35. The number of benzene rings is 1. The van der Waals surface area contributed by atoms with Crippen molar-refractivity contribution in [2.75, 3.05) is 14.1 Å². The average Bonchev–Trinajstić information content (AvgIpc) is 2.25. The Kier molecular flexibility index (Phi) is 5.16. The molecule has 0 aliphatic heterocycles. The van der Waals surface area contributed by atoms with E-state index in [-0.39, 0.29) is 5.92 Å². The highest BCUT2D eigenvalue weighted by molar-refractivity contribution is 5.70. The molecule has 94 valence electrons. The molecule has 0 amide bonds. The minimum absolute atomic E-state index is 0.274. The first kappa shape index (κ1) is 13.7. The van der Waals surface area contributed by atoms with Crippen molar-refractivity contribution < 1.29 is 9.90 Å². The minimum atomic E-state index is -0.703. The molecule has 0 aliphatic carbocycles. The lowest BCUT2D eigenvalue weighted by Crippen LogP contribution is -2.16. The Bertz CT molecular complexity index is 374. The standard InChI is InChI=1S/C14H21NO2/c1-4-13(14(16)17)9-11-6-5-7-12(8-11)10-15(2)3/h5-8,13H,4,9-10H2,1-3H3,(H,16,17). The molecule has 0 heterocycles. The van der Waals surface area contributed by atoms with Crippen LogP contribution in [0.25, 0.3) is 0 Å². The molecule has 0 spiro atoms. The summed E-state index contributed by atoms with van der Waals surface area (Å²) in [6.45, 7) is 2.81. The number of carboxylic acid groups (broad SMARTS) is 1. The molecule has 1 atom stereocenters. The number of rotatable bonds is 6. The lowest BCUT2D eigenvalue weighted by molar-refractivity contribution is -0.141. The van der Waals surface area contributed by atoms with Gasteiger partial charge in [-0.25, -0.2) is 0 Å². The second-order valence-corrected chi connectivity index (χ2v) is 4.71. The van der Waals surface area contributed by atoms with Crippen LogP contribution in [0.5, 0.6) is 0 Å². The number of hydrogen-bond acceptors (Lipinski definition) is 2. The molecule has 1 N–H and O–H groups in total. The van der Waals surface area contributed by atoms with Crippen molar-refractivity contribution in [2.24, 2.45) is 5.92 Å². The fourth-order valence-corrected chi connectivity index (χ4v) is 1.91. The largest absolute Gasteiger partial charge is 0.481 e. The highest BCUT2D eigenvalue weighted by Crippen LogP contribution is 2.14. The molecule has 0 saturated carbocycles. The number of aliphatic carboxylic acids is 1. The molecular weight excluding hydrogens is 214 g/mol. The van der Waals surface area contributed by atoms with E-state index in [9.17, 15) is 4.79 Å². The van der Waals surface area contributed by atoms with Crippen LogP contribution < -0.4 is 0 Å². The highest BCUT2D eigenvalue weighted by Gasteiger charge is 2.15. The molecule has 1 aromatic carbocycles. The van der Waals surface area contributed by atoms with E-state index in [0.29, 0.717) is 12.8 Å². The molecule has 1 aromatic rings. The van der Waals surface area contributed by atoms with E-state index in [2.05, 4.69) is 17.0 Å². The van der Waals surface area contributed by atoms with Gasteiger partial charge >= 0.3 is 5.97 Å². The maximum absolute atomic E-state index is 11.0. The summed E-state index contributed by atoms with van der Waals surface area (Å²) in [4.78, 5) is 13.1. The Morgan fingerprint density at radius 3 is 2.53 bits per heavy atom. The molecule has 3 heteroatoms. The Balaban J connectivity index is 2.74. The van der Waals surface area contributed by atoms with Crippen molar-refractivity contribution >= 4 is 5.97 Å². The SMILES string of the molecule is CCC(Cc1cccc(CN(C)C)c1)C(=O)O. The van der Waals surface area contributed by atoms with Gasteiger partial charge in [-0.1, -0.05) is 31.2 Å². The van der Waals surface area contributed by atoms with Gasteiger partial charge in [0, 0.05) is 6.54 Å². The van der Waals surface area contributed by atoms with Gasteiger partial charge in [0.2, 0.25) is 0 Å². The van der Waals surface area contributed by atoms with Crippen molar-refractivity contribution in [3.05, 3.63) is 35.4 Å². The summed E-state index contributed by atoms with van der Waals surface area (Å²) in [5.41, 5.74) is 2.34. The van der Waals surface area contributed by atoms with Crippen LogP contribution in [-0.4, -0.2) is 30.1 Å². The normalized spacial score (nSPS) is 12.7. The third-order valence-electron chi connectivity index (χ3n) is 2.81. The zero-order valence-corrected chi connectivity index (χ0v) is 10.8. The van der Waals surface area contributed by atoms with Gasteiger partial charge in [0.1, 0.15) is 0 Å². The molecule has 0 aromatic heterocycles. The molecule has 0 bridgehead atoms. The predicted octanol–water partition coefficient (Wildman–Crippen LogP) is 2.40. The molecule has 1 rings (SSSR count). The first-order valence-corrected chi connectivity index (χ1v) is 5.98. The van der Waals surface area contributed by atoms with Gasteiger partial charge < -0.3 is 10.0 Å². The van der Waals surface area contributed by atoms with Crippen LogP contribution in [0.15, 0.2) is 24.3 Å². The second kappa shape index (κ2) is 6.40. The van der Waals surface area contributed by atoms with Crippen molar-refractivity contribution in [3.8, 4) is 0 Å². The van der Waals surface area contributed by atoms with Gasteiger partial charge in [-0.05, 0) is 38.1 Å². The smallest absolute Gasteiger partial charge is 0.306 e. The van der Waals surface area contributed by atoms with Crippen molar-refractivity contribution in [3.63, 3.8) is 0 Å². The summed E-state index contributed by atoms with van der Waals surface area (Å²) in [5, 5.41) is 9.04. The minimum Gasteiger partial charge on any atom is -0.481 e. The average molecular weight is 235 g/mol. The van der Waals surface area contributed by atoms with E-state index in [1.54, 1.807) is 0 Å². The van der Waals surface area contributed by atoms with Gasteiger partial charge in [-0.2, -0.15) is 0 Å². The summed E-state index contributed by atoms with van der Waals surface area (Å²) >= 11 is 0. The molecule has 0 fully saturated rings. The first-order valence-electron chi connectivity index (χ1n) is 5.98. The van der Waals surface area contributed by atoms with E-state index >= 15 is 0 Å². The quantitative estimate of drug-likeness (QED) is 0.823. The molecular formula is C14H21NO2. The van der Waals surface area contributed by atoms with Crippen LogP contribution in [0.4, 0.5) is 0 Å². The van der Waals surface area contributed by atoms with E-state index in [1.807, 2.05) is 33.2 Å². The number of carbonyl (C=O) groups is 1. The van der Waals surface area contributed by atoms with Crippen LogP contribution in [0.3, 0.4) is 0 Å². The predicted molar refractivity (Wildman–Crippen MR) is 69.0 cm³/mol. The molecule has 1 unspecified atom stereocenters. The van der Waals surface area contributed by atoms with E-state index < -0.39 is 5.97 Å². The summed E-state index contributed by atoms with van der Waals surface area (Å²) in [5.74, 6) is -0.977. The third-order valence-corrected chi connectivity index (χ3v) is 2.81.